The third-order valence-electron chi connectivity index (χ3n) is 5.83. The number of hydrogen-bond donors (Lipinski definition) is 2. The molecule has 1 atom stereocenters. The van der Waals surface area contributed by atoms with Crippen LogP contribution in [0.5, 0.6) is 0 Å². The van der Waals surface area contributed by atoms with Crippen LogP contribution in [0.1, 0.15) is 72.5 Å². The molecule has 5 rings (SSSR count). The summed E-state index contributed by atoms with van der Waals surface area (Å²) in [5.74, 6) is 0.433. The number of nitrogens with one attached hydrogen (secondary N) is 2. The van der Waals surface area contributed by atoms with Gasteiger partial charge in [-0.3, -0.25) is 9.89 Å². The number of nitrogens with zero attached hydrogens (tertiary/aromatic N) is 3. The standard InChI is InChI=1S/C22H25N5O/c1-22(2)11-19(24-21(28)18-10-17(25-26-18)14-8-9-14)16-13-23-27(20(16)12-22)15-6-4-3-5-7-15/h3-7,10,13-14,19H,8-9,11-12H2,1-2H3,(H,24,28)(H,25,26). The van der Waals surface area contributed by atoms with Crippen molar-refractivity contribution in [1.82, 2.24) is 25.3 Å². The Morgan fingerprint density at radius 1 is 1.25 bits per heavy atom. The van der Waals surface area contributed by atoms with Crippen LogP contribution >= 0.6 is 0 Å². The van der Waals surface area contributed by atoms with Crippen LogP contribution in [0.15, 0.2) is 42.6 Å². The Kier molecular flexibility index (Phi) is 3.89. The minimum atomic E-state index is -0.121. The van der Waals surface area contributed by atoms with Crippen molar-refractivity contribution in [1.29, 1.82) is 0 Å². The molecule has 6 nitrogen and oxygen atoms in total. The summed E-state index contributed by atoms with van der Waals surface area (Å²) in [4.78, 5) is 12.8. The molecule has 6 heteroatoms. The fourth-order valence-electron chi connectivity index (χ4n) is 4.25. The molecule has 2 N–H and O–H groups in total. The molecule has 0 saturated heterocycles. The molecule has 1 fully saturated rings. The zero-order valence-electron chi connectivity index (χ0n) is 16.3. The third-order valence-corrected chi connectivity index (χ3v) is 5.83. The first-order valence-corrected chi connectivity index (χ1v) is 9.98. The molecule has 1 aromatic carbocycles. The Bertz CT molecular complexity index is 1010. The Morgan fingerprint density at radius 2 is 2.04 bits per heavy atom. The highest BCUT2D eigenvalue weighted by Gasteiger charge is 2.36. The fourth-order valence-corrected chi connectivity index (χ4v) is 4.25. The average Bonchev–Trinajstić information content (AvgIpc) is 3.24. The molecule has 28 heavy (non-hydrogen) atoms. The number of H-pyrrole nitrogens is 1. The molecule has 2 heterocycles. The van der Waals surface area contributed by atoms with Crippen LogP contribution in [0.3, 0.4) is 0 Å². The van der Waals surface area contributed by atoms with Crippen molar-refractivity contribution in [2.45, 2.75) is 51.5 Å². The van der Waals surface area contributed by atoms with Gasteiger partial charge in [-0.25, -0.2) is 4.68 Å². The van der Waals surface area contributed by atoms with Crippen LogP contribution in [0, 0.1) is 5.41 Å². The summed E-state index contributed by atoms with van der Waals surface area (Å²) in [6.07, 6.45) is 6.08. The summed E-state index contributed by atoms with van der Waals surface area (Å²) in [5, 5.41) is 15.1. The molecule has 144 valence electrons. The summed E-state index contributed by atoms with van der Waals surface area (Å²) in [7, 11) is 0. The van der Waals surface area contributed by atoms with Crippen molar-refractivity contribution in [2.24, 2.45) is 5.41 Å². The predicted octanol–water partition coefficient (Wildman–Crippen LogP) is 3.92. The van der Waals surface area contributed by atoms with E-state index in [9.17, 15) is 4.79 Å². The minimum absolute atomic E-state index is 0.0650. The highest BCUT2D eigenvalue weighted by Crippen LogP contribution is 2.42. The fraction of sp³-hybridized carbons (Fsp3) is 0.409. The number of carbonyl (C=O) groups excluding carboxylic acids is 1. The normalized spacial score (nSPS) is 20.6. The van der Waals surface area contributed by atoms with Gasteiger partial charge in [0.15, 0.2) is 0 Å². The highest BCUT2D eigenvalue weighted by molar-refractivity contribution is 5.92. The van der Waals surface area contributed by atoms with Gasteiger partial charge in [0.25, 0.3) is 5.91 Å². The van der Waals surface area contributed by atoms with Gasteiger partial charge in [0.05, 0.1) is 23.6 Å². The molecule has 0 radical (unpaired) electrons. The molecule has 0 bridgehead atoms. The number of aromatic nitrogens is 4. The summed E-state index contributed by atoms with van der Waals surface area (Å²) >= 11 is 0. The van der Waals surface area contributed by atoms with Crippen molar-refractivity contribution in [3.05, 3.63) is 65.2 Å². The van der Waals surface area contributed by atoms with Crippen molar-refractivity contribution >= 4 is 5.91 Å². The smallest absolute Gasteiger partial charge is 0.272 e. The van der Waals surface area contributed by atoms with E-state index < -0.39 is 0 Å². The van der Waals surface area contributed by atoms with Gasteiger partial charge in [0.1, 0.15) is 5.69 Å². The first-order valence-electron chi connectivity index (χ1n) is 9.98. The van der Waals surface area contributed by atoms with Crippen LogP contribution in [0.2, 0.25) is 0 Å². The van der Waals surface area contributed by atoms with E-state index in [1.807, 2.05) is 35.1 Å². The lowest BCUT2D eigenvalue weighted by atomic mass is 9.74. The van der Waals surface area contributed by atoms with Crippen LogP contribution < -0.4 is 5.32 Å². The Labute approximate surface area is 164 Å². The highest BCUT2D eigenvalue weighted by atomic mass is 16.2. The number of carbonyl (C=O) groups is 1. The lowest BCUT2D eigenvalue weighted by Gasteiger charge is -2.35. The van der Waals surface area contributed by atoms with Crippen molar-refractivity contribution in [3.8, 4) is 5.69 Å². The quantitative estimate of drug-likeness (QED) is 0.726. The van der Waals surface area contributed by atoms with Gasteiger partial charge >= 0.3 is 0 Å². The number of aromatic amines is 1. The molecule has 1 saturated carbocycles. The van der Waals surface area contributed by atoms with Gasteiger partial charge in [0, 0.05) is 17.2 Å². The molecule has 1 amide bonds. The summed E-state index contributed by atoms with van der Waals surface area (Å²) < 4.78 is 2.01. The van der Waals surface area contributed by atoms with Gasteiger partial charge in [0.2, 0.25) is 0 Å². The second-order valence-electron chi connectivity index (χ2n) is 8.85. The van der Waals surface area contributed by atoms with Crippen LogP contribution in [-0.2, 0) is 6.42 Å². The van der Waals surface area contributed by atoms with E-state index in [4.69, 9.17) is 0 Å². The van der Waals surface area contributed by atoms with E-state index in [2.05, 4.69) is 46.6 Å². The first kappa shape index (κ1) is 17.2. The molecule has 1 unspecified atom stereocenters. The molecule has 3 aromatic rings. The molecule has 2 aliphatic carbocycles. The SMILES string of the molecule is CC1(C)Cc2c(cnn2-c2ccccc2)C(NC(=O)c2cc(C3CC3)[nH]n2)C1. The largest absolute Gasteiger partial charge is 0.344 e. The van der Waals surface area contributed by atoms with Gasteiger partial charge in [-0.1, -0.05) is 32.0 Å². The third kappa shape index (κ3) is 3.13. The summed E-state index contributed by atoms with van der Waals surface area (Å²) in [6, 6.07) is 12.0. The van der Waals surface area contributed by atoms with Crippen LogP contribution in [0.25, 0.3) is 5.69 Å². The molecular formula is C22H25N5O. The minimum Gasteiger partial charge on any atom is -0.344 e. The van der Waals surface area contributed by atoms with E-state index in [1.165, 1.54) is 18.5 Å². The van der Waals surface area contributed by atoms with Crippen LogP contribution in [0.4, 0.5) is 0 Å². The van der Waals surface area contributed by atoms with Gasteiger partial charge in [-0.15, -0.1) is 0 Å². The number of benzene rings is 1. The molecule has 0 aliphatic heterocycles. The topological polar surface area (TPSA) is 75.6 Å². The average molecular weight is 375 g/mol. The number of amides is 1. The maximum Gasteiger partial charge on any atom is 0.272 e. The van der Waals surface area contributed by atoms with E-state index in [-0.39, 0.29) is 17.4 Å². The number of hydrogen-bond acceptors (Lipinski definition) is 3. The second kappa shape index (κ2) is 6.33. The summed E-state index contributed by atoms with van der Waals surface area (Å²) in [5.41, 5.74) is 4.95. The predicted molar refractivity (Wildman–Crippen MR) is 106 cm³/mol. The zero-order valence-corrected chi connectivity index (χ0v) is 16.3. The van der Waals surface area contributed by atoms with Crippen molar-refractivity contribution in [3.63, 3.8) is 0 Å². The maximum absolute atomic E-state index is 12.8. The maximum atomic E-state index is 12.8. The number of rotatable bonds is 4. The van der Waals surface area contributed by atoms with Crippen molar-refractivity contribution < 1.29 is 4.79 Å². The van der Waals surface area contributed by atoms with E-state index >= 15 is 0 Å². The zero-order chi connectivity index (χ0) is 19.3. The lowest BCUT2D eigenvalue weighted by molar-refractivity contribution is 0.0914. The molecular weight excluding hydrogens is 350 g/mol. The summed E-state index contributed by atoms with van der Waals surface area (Å²) in [6.45, 7) is 4.49. The monoisotopic (exact) mass is 375 g/mol. The van der Waals surface area contributed by atoms with Crippen molar-refractivity contribution in [2.75, 3.05) is 0 Å². The lowest BCUT2D eigenvalue weighted by Crippen LogP contribution is -2.37. The van der Waals surface area contributed by atoms with Gasteiger partial charge in [-0.05, 0) is 49.3 Å². The van der Waals surface area contributed by atoms with E-state index in [1.54, 1.807) is 0 Å². The molecule has 0 spiro atoms. The van der Waals surface area contributed by atoms with Gasteiger partial charge in [-0.2, -0.15) is 10.2 Å². The Hall–Kier alpha value is -2.89. The molecule has 2 aliphatic rings. The van der Waals surface area contributed by atoms with Crippen LogP contribution in [-0.4, -0.2) is 25.9 Å². The number of para-hydroxylation sites is 1. The second-order valence-corrected chi connectivity index (χ2v) is 8.85. The molecule has 2 aromatic heterocycles. The van der Waals surface area contributed by atoms with E-state index in [0.717, 1.165) is 29.8 Å². The Morgan fingerprint density at radius 3 is 2.79 bits per heavy atom. The van der Waals surface area contributed by atoms with Gasteiger partial charge < -0.3 is 5.32 Å². The van der Waals surface area contributed by atoms with E-state index in [0.29, 0.717) is 11.6 Å². The first-order chi connectivity index (χ1) is 13.5. The number of fused-ring (bicyclic) bond motifs is 1. The Balaban J connectivity index is 1.44.